The summed E-state index contributed by atoms with van der Waals surface area (Å²) in [5.41, 5.74) is 1.84. The molecule has 1 N–H and O–H groups in total. The maximum atomic E-state index is 13.6. The van der Waals surface area contributed by atoms with E-state index in [4.69, 9.17) is 21.1 Å². The lowest BCUT2D eigenvalue weighted by Crippen LogP contribution is -2.52. The minimum absolute atomic E-state index is 0.00755. The molecule has 7 heteroatoms. The number of benzene rings is 3. The van der Waals surface area contributed by atoms with Gasteiger partial charge in [0.25, 0.3) is 5.91 Å². The van der Waals surface area contributed by atoms with Crippen LogP contribution >= 0.6 is 11.6 Å². The van der Waals surface area contributed by atoms with Gasteiger partial charge < -0.3 is 19.7 Å². The van der Waals surface area contributed by atoms with Crippen molar-refractivity contribution in [3.05, 3.63) is 101 Å². The zero-order valence-electron chi connectivity index (χ0n) is 20.1. The van der Waals surface area contributed by atoms with Gasteiger partial charge in [-0.3, -0.25) is 9.59 Å². The predicted molar refractivity (Wildman–Crippen MR) is 140 cm³/mol. The van der Waals surface area contributed by atoms with E-state index in [9.17, 15) is 9.59 Å². The molecule has 0 saturated carbocycles. The van der Waals surface area contributed by atoms with Crippen molar-refractivity contribution in [3.63, 3.8) is 0 Å². The second kappa shape index (κ2) is 13.1. The van der Waals surface area contributed by atoms with Crippen LogP contribution in [0.5, 0.6) is 5.75 Å². The maximum absolute atomic E-state index is 13.6. The van der Waals surface area contributed by atoms with Gasteiger partial charge >= 0.3 is 0 Å². The average molecular weight is 507 g/mol. The topological polar surface area (TPSA) is 67.9 Å². The highest BCUT2D eigenvalue weighted by Crippen LogP contribution is 2.18. The maximum Gasteiger partial charge on any atom is 0.261 e. The Labute approximate surface area is 217 Å². The Bertz CT molecular complexity index is 1100. The van der Waals surface area contributed by atoms with Crippen molar-refractivity contribution in [2.75, 3.05) is 19.8 Å². The molecular formula is C29H31ClN2O4. The lowest BCUT2D eigenvalue weighted by atomic mass is 10.0. The van der Waals surface area contributed by atoms with Crippen LogP contribution in [0.3, 0.4) is 0 Å². The number of hydrogen-bond acceptors (Lipinski definition) is 4. The van der Waals surface area contributed by atoms with Crippen molar-refractivity contribution < 1.29 is 19.1 Å². The van der Waals surface area contributed by atoms with Gasteiger partial charge in [-0.15, -0.1) is 0 Å². The van der Waals surface area contributed by atoms with Gasteiger partial charge in [0, 0.05) is 31.1 Å². The number of amides is 2. The summed E-state index contributed by atoms with van der Waals surface area (Å²) in [6.07, 6.45) is 2.30. The Morgan fingerprint density at radius 1 is 0.972 bits per heavy atom. The van der Waals surface area contributed by atoms with Crippen LogP contribution in [0.25, 0.3) is 0 Å². The first kappa shape index (κ1) is 25.7. The van der Waals surface area contributed by atoms with Gasteiger partial charge in [-0.05, 0) is 48.2 Å². The van der Waals surface area contributed by atoms with Gasteiger partial charge in [-0.2, -0.15) is 0 Å². The van der Waals surface area contributed by atoms with E-state index in [1.54, 1.807) is 29.2 Å². The van der Waals surface area contributed by atoms with Gasteiger partial charge in [0.2, 0.25) is 5.91 Å². The van der Waals surface area contributed by atoms with Crippen LogP contribution in [0, 0.1) is 0 Å². The minimum atomic E-state index is -0.726. The lowest BCUT2D eigenvalue weighted by Gasteiger charge is -2.31. The first-order chi connectivity index (χ1) is 17.6. The first-order valence-electron chi connectivity index (χ1n) is 12.2. The second-order valence-corrected chi connectivity index (χ2v) is 9.27. The molecule has 1 heterocycles. The molecule has 0 unspecified atom stereocenters. The van der Waals surface area contributed by atoms with Crippen molar-refractivity contribution in [1.82, 2.24) is 10.2 Å². The van der Waals surface area contributed by atoms with Crippen LogP contribution < -0.4 is 10.1 Å². The fourth-order valence-electron chi connectivity index (χ4n) is 4.22. The average Bonchev–Trinajstić information content (AvgIpc) is 3.44. The molecule has 3 aromatic carbocycles. The van der Waals surface area contributed by atoms with Crippen LogP contribution in [0.2, 0.25) is 5.02 Å². The molecule has 3 aromatic rings. The molecule has 188 valence electrons. The fraction of sp³-hybridized carbons (Fsp3) is 0.310. The molecular weight excluding hydrogens is 476 g/mol. The van der Waals surface area contributed by atoms with Crippen LogP contribution in [0.4, 0.5) is 0 Å². The number of nitrogens with one attached hydrogen (secondary N) is 1. The van der Waals surface area contributed by atoms with E-state index in [-0.39, 0.29) is 31.1 Å². The van der Waals surface area contributed by atoms with Crippen molar-refractivity contribution in [3.8, 4) is 5.75 Å². The van der Waals surface area contributed by atoms with E-state index in [0.717, 1.165) is 24.0 Å². The summed E-state index contributed by atoms with van der Waals surface area (Å²) in [5, 5.41) is 3.64. The number of rotatable bonds is 11. The summed E-state index contributed by atoms with van der Waals surface area (Å²) in [6, 6.07) is 25.5. The highest BCUT2D eigenvalue weighted by atomic mass is 35.5. The number of ether oxygens (including phenoxy) is 2. The van der Waals surface area contributed by atoms with Gasteiger partial charge in [-0.1, -0.05) is 72.3 Å². The summed E-state index contributed by atoms with van der Waals surface area (Å²) in [5.74, 6) is 0.109. The summed E-state index contributed by atoms with van der Waals surface area (Å²) < 4.78 is 11.4. The van der Waals surface area contributed by atoms with E-state index in [1.165, 1.54) is 0 Å². The molecule has 1 fully saturated rings. The van der Waals surface area contributed by atoms with Crippen molar-refractivity contribution in [2.45, 2.75) is 38.0 Å². The van der Waals surface area contributed by atoms with Gasteiger partial charge in [0.05, 0.1) is 6.10 Å². The lowest BCUT2D eigenvalue weighted by molar-refractivity contribution is -0.143. The molecule has 0 aromatic heterocycles. The Morgan fingerprint density at radius 2 is 1.67 bits per heavy atom. The normalized spacial score (nSPS) is 15.8. The Balaban J connectivity index is 1.57. The molecule has 2 amide bonds. The number of nitrogens with zero attached hydrogens (tertiary/aromatic N) is 1. The molecule has 1 aliphatic heterocycles. The van der Waals surface area contributed by atoms with E-state index in [1.807, 2.05) is 60.7 Å². The number of para-hydroxylation sites is 1. The SMILES string of the molecule is O=C(NC[C@H]1CCCO1)[C@H](Cc1ccccc1)N(Cc1ccc(Cl)cc1)C(=O)COc1ccccc1. The fourth-order valence-corrected chi connectivity index (χ4v) is 4.35. The molecule has 4 rings (SSSR count). The predicted octanol–water partition coefficient (Wildman–Crippen LogP) is 4.65. The molecule has 6 nitrogen and oxygen atoms in total. The number of carbonyl (C=O) groups is 2. The summed E-state index contributed by atoms with van der Waals surface area (Å²) in [7, 11) is 0. The van der Waals surface area contributed by atoms with Gasteiger partial charge in [0.1, 0.15) is 11.8 Å². The minimum Gasteiger partial charge on any atom is -0.484 e. The monoisotopic (exact) mass is 506 g/mol. The molecule has 36 heavy (non-hydrogen) atoms. The van der Waals surface area contributed by atoms with Crippen molar-refractivity contribution in [2.24, 2.45) is 0 Å². The Hall–Kier alpha value is -3.35. The van der Waals surface area contributed by atoms with E-state index < -0.39 is 6.04 Å². The molecule has 0 aliphatic carbocycles. The Kier molecular flexibility index (Phi) is 9.36. The van der Waals surface area contributed by atoms with E-state index >= 15 is 0 Å². The number of carbonyl (C=O) groups excluding carboxylic acids is 2. The van der Waals surface area contributed by atoms with E-state index in [0.29, 0.717) is 30.3 Å². The quantitative estimate of drug-likeness (QED) is 0.411. The van der Waals surface area contributed by atoms with E-state index in [2.05, 4.69) is 5.32 Å². The third kappa shape index (κ3) is 7.57. The van der Waals surface area contributed by atoms with Crippen LogP contribution in [0.15, 0.2) is 84.9 Å². The third-order valence-corrected chi connectivity index (χ3v) is 6.42. The van der Waals surface area contributed by atoms with Crippen molar-refractivity contribution >= 4 is 23.4 Å². The zero-order valence-corrected chi connectivity index (χ0v) is 20.9. The first-order valence-corrected chi connectivity index (χ1v) is 12.6. The van der Waals surface area contributed by atoms with Crippen molar-refractivity contribution in [1.29, 1.82) is 0 Å². The molecule has 0 spiro atoms. The molecule has 0 radical (unpaired) electrons. The summed E-state index contributed by atoms with van der Waals surface area (Å²) in [6.45, 7) is 1.21. The largest absolute Gasteiger partial charge is 0.484 e. The number of hydrogen-bond donors (Lipinski definition) is 1. The van der Waals surface area contributed by atoms with Gasteiger partial charge in [-0.25, -0.2) is 0 Å². The standard InChI is InChI=1S/C29H31ClN2O4/c30-24-15-13-23(14-16-24)20-32(28(33)21-36-25-10-5-2-6-11-25)27(18-22-8-3-1-4-9-22)29(34)31-19-26-12-7-17-35-26/h1-6,8-11,13-16,26-27H,7,12,17-21H2,(H,31,34)/t26-,27+/m1/s1. The second-order valence-electron chi connectivity index (χ2n) is 8.84. The van der Waals surface area contributed by atoms with Gasteiger partial charge in [0.15, 0.2) is 6.61 Å². The summed E-state index contributed by atoms with van der Waals surface area (Å²) in [4.78, 5) is 28.7. The van der Waals surface area contributed by atoms with Crippen LogP contribution in [-0.4, -0.2) is 48.6 Å². The molecule has 2 atom stereocenters. The highest BCUT2D eigenvalue weighted by molar-refractivity contribution is 6.30. The van der Waals surface area contributed by atoms with Crippen LogP contribution in [0.1, 0.15) is 24.0 Å². The third-order valence-electron chi connectivity index (χ3n) is 6.17. The summed E-state index contributed by atoms with van der Waals surface area (Å²) >= 11 is 6.08. The van der Waals surface area contributed by atoms with Crippen LogP contribution in [-0.2, 0) is 27.3 Å². The number of halogens is 1. The smallest absolute Gasteiger partial charge is 0.261 e. The highest BCUT2D eigenvalue weighted by Gasteiger charge is 2.31. The molecule has 0 bridgehead atoms. The molecule has 1 aliphatic rings. The molecule has 1 saturated heterocycles. The zero-order chi connectivity index (χ0) is 25.2. The Morgan fingerprint density at radius 3 is 2.33 bits per heavy atom.